The summed E-state index contributed by atoms with van der Waals surface area (Å²) in [4.78, 5) is 14.1. The lowest BCUT2D eigenvalue weighted by atomic mass is 9.89. The van der Waals surface area contributed by atoms with Gasteiger partial charge >= 0.3 is 5.97 Å². The first-order valence-corrected chi connectivity index (χ1v) is 6.14. The van der Waals surface area contributed by atoms with Gasteiger partial charge in [0.05, 0.1) is 18.6 Å². The van der Waals surface area contributed by atoms with E-state index in [1.54, 1.807) is 6.08 Å². The Kier molecular flexibility index (Phi) is 5.65. The molecule has 0 bridgehead atoms. The number of hydrogen-bond acceptors (Lipinski definition) is 4. The number of ether oxygens (including phenoxy) is 2. The van der Waals surface area contributed by atoms with Crippen molar-refractivity contribution in [2.24, 2.45) is 5.41 Å². The molecule has 1 heterocycles. The van der Waals surface area contributed by atoms with Crippen LogP contribution in [0.3, 0.4) is 0 Å². The molecule has 0 atom stereocenters. The lowest BCUT2D eigenvalue weighted by Gasteiger charge is -2.30. The average molecular weight is 241 g/mol. The molecule has 0 aromatic heterocycles. The molecule has 0 aromatic rings. The Morgan fingerprint density at radius 3 is 2.71 bits per heavy atom. The molecule has 4 nitrogen and oxygen atoms in total. The zero-order chi connectivity index (χ0) is 12.7. The van der Waals surface area contributed by atoms with E-state index in [-0.39, 0.29) is 5.97 Å². The second-order valence-electron chi connectivity index (χ2n) is 4.98. The molecule has 4 heteroatoms. The highest BCUT2D eigenvalue weighted by molar-refractivity contribution is 5.75. The van der Waals surface area contributed by atoms with Crippen molar-refractivity contribution in [1.29, 1.82) is 0 Å². The molecule has 1 aliphatic heterocycles. The summed E-state index contributed by atoms with van der Waals surface area (Å²) in [5, 5.41) is 0. The highest BCUT2D eigenvalue weighted by atomic mass is 16.5. The predicted octanol–water partition coefficient (Wildman–Crippen LogP) is 1.46. The van der Waals surface area contributed by atoms with Crippen molar-refractivity contribution >= 4 is 5.97 Å². The van der Waals surface area contributed by atoms with E-state index in [1.807, 2.05) is 13.8 Å². The molecule has 0 aromatic carbocycles. The molecule has 0 amide bonds. The van der Waals surface area contributed by atoms with Crippen LogP contribution < -0.4 is 0 Å². The molecule has 0 aliphatic carbocycles. The Morgan fingerprint density at radius 2 is 2.12 bits per heavy atom. The highest BCUT2D eigenvalue weighted by Crippen LogP contribution is 2.23. The minimum atomic E-state index is -0.429. The van der Waals surface area contributed by atoms with E-state index in [0.29, 0.717) is 6.61 Å². The van der Waals surface area contributed by atoms with E-state index in [2.05, 4.69) is 11.5 Å². The average Bonchev–Trinajstić information content (AvgIpc) is 2.35. The minimum absolute atomic E-state index is 0.148. The number of rotatable bonds is 6. The summed E-state index contributed by atoms with van der Waals surface area (Å²) in [5.74, 6) is -0.148. The fourth-order valence-corrected chi connectivity index (χ4v) is 1.69. The number of nitrogens with zero attached hydrogens (tertiary/aromatic N) is 1. The highest BCUT2D eigenvalue weighted by Gasteiger charge is 2.29. The van der Waals surface area contributed by atoms with Crippen molar-refractivity contribution < 1.29 is 14.3 Å². The predicted molar refractivity (Wildman–Crippen MR) is 66.8 cm³/mol. The molecule has 0 N–H and O–H groups in total. The van der Waals surface area contributed by atoms with Crippen LogP contribution in [0.2, 0.25) is 0 Å². The van der Waals surface area contributed by atoms with E-state index in [4.69, 9.17) is 9.47 Å². The van der Waals surface area contributed by atoms with Crippen LogP contribution >= 0.6 is 0 Å². The zero-order valence-electron chi connectivity index (χ0n) is 10.9. The molecule has 1 rings (SSSR count). The van der Waals surface area contributed by atoms with E-state index in [1.165, 1.54) is 0 Å². The summed E-state index contributed by atoms with van der Waals surface area (Å²) in [7, 11) is 0. The van der Waals surface area contributed by atoms with E-state index < -0.39 is 5.41 Å². The maximum atomic E-state index is 11.8. The molecule has 98 valence electrons. The van der Waals surface area contributed by atoms with Gasteiger partial charge in [0.25, 0.3) is 0 Å². The second kappa shape index (κ2) is 6.77. The van der Waals surface area contributed by atoms with Gasteiger partial charge in [0.2, 0.25) is 0 Å². The third-order valence-corrected chi connectivity index (χ3v) is 3.04. The smallest absolute Gasteiger partial charge is 0.311 e. The maximum Gasteiger partial charge on any atom is 0.311 e. The zero-order valence-corrected chi connectivity index (χ0v) is 10.9. The van der Waals surface area contributed by atoms with Crippen molar-refractivity contribution in [1.82, 2.24) is 4.90 Å². The Balaban J connectivity index is 2.31. The summed E-state index contributed by atoms with van der Waals surface area (Å²) in [6.45, 7) is 12.1. The molecule has 0 saturated carbocycles. The number of carbonyl (C=O) groups excluding carboxylic acids is 1. The molecular formula is C13H23NO3. The molecular weight excluding hydrogens is 218 g/mol. The number of hydrogen-bond donors (Lipinski definition) is 0. The van der Waals surface area contributed by atoms with Crippen molar-refractivity contribution in [3.8, 4) is 0 Å². The van der Waals surface area contributed by atoms with Gasteiger partial charge in [0, 0.05) is 13.1 Å². The molecule has 1 saturated heterocycles. The quantitative estimate of drug-likeness (QED) is 0.521. The normalized spacial score (nSPS) is 17.8. The summed E-state index contributed by atoms with van der Waals surface area (Å²) in [6.07, 6.45) is 2.40. The van der Waals surface area contributed by atoms with Gasteiger partial charge in [0.15, 0.2) is 0 Å². The third kappa shape index (κ3) is 4.88. The van der Waals surface area contributed by atoms with Gasteiger partial charge in [0.1, 0.15) is 6.61 Å². The van der Waals surface area contributed by atoms with Gasteiger partial charge in [-0.3, -0.25) is 9.69 Å². The number of carbonyl (C=O) groups is 1. The standard InChI is InChI=1S/C13H23NO3/c1-4-9-17-12(15)13(2,3)5-6-14-7-10-16-11-8-14/h4H,1,5-11H2,2-3H3. The van der Waals surface area contributed by atoms with E-state index in [9.17, 15) is 4.79 Å². The van der Waals surface area contributed by atoms with Crippen molar-refractivity contribution in [2.45, 2.75) is 20.3 Å². The fraction of sp³-hybridized carbons (Fsp3) is 0.769. The Bertz CT molecular complexity index is 257. The molecule has 17 heavy (non-hydrogen) atoms. The van der Waals surface area contributed by atoms with Crippen LogP contribution in [0.25, 0.3) is 0 Å². The summed E-state index contributed by atoms with van der Waals surface area (Å²) in [5.41, 5.74) is -0.429. The first kappa shape index (κ1) is 14.2. The molecule has 0 spiro atoms. The van der Waals surface area contributed by atoms with Crippen LogP contribution in [-0.4, -0.2) is 50.3 Å². The Labute approximate surface area is 104 Å². The lowest BCUT2D eigenvalue weighted by molar-refractivity contribution is -0.153. The van der Waals surface area contributed by atoms with Gasteiger partial charge < -0.3 is 9.47 Å². The van der Waals surface area contributed by atoms with Crippen LogP contribution in [-0.2, 0) is 14.3 Å². The summed E-state index contributed by atoms with van der Waals surface area (Å²) < 4.78 is 10.4. The molecule has 1 aliphatic rings. The van der Waals surface area contributed by atoms with Crippen LogP contribution in [0.4, 0.5) is 0 Å². The van der Waals surface area contributed by atoms with E-state index >= 15 is 0 Å². The molecule has 0 unspecified atom stereocenters. The van der Waals surface area contributed by atoms with Crippen LogP contribution in [0.5, 0.6) is 0 Å². The number of morpholine rings is 1. The van der Waals surface area contributed by atoms with Gasteiger partial charge in [-0.25, -0.2) is 0 Å². The summed E-state index contributed by atoms with van der Waals surface area (Å²) >= 11 is 0. The monoisotopic (exact) mass is 241 g/mol. The van der Waals surface area contributed by atoms with Gasteiger partial charge in [-0.2, -0.15) is 0 Å². The van der Waals surface area contributed by atoms with Crippen molar-refractivity contribution in [3.05, 3.63) is 12.7 Å². The Morgan fingerprint density at radius 1 is 1.47 bits per heavy atom. The maximum absolute atomic E-state index is 11.8. The topological polar surface area (TPSA) is 38.8 Å². The van der Waals surface area contributed by atoms with Gasteiger partial charge in [-0.1, -0.05) is 12.7 Å². The van der Waals surface area contributed by atoms with Crippen LogP contribution in [0.1, 0.15) is 20.3 Å². The van der Waals surface area contributed by atoms with Gasteiger partial charge in [-0.15, -0.1) is 0 Å². The molecule has 1 fully saturated rings. The molecule has 0 radical (unpaired) electrons. The lowest BCUT2D eigenvalue weighted by Crippen LogP contribution is -2.39. The summed E-state index contributed by atoms with van der Waals surface area (Å²) in [6, 6.07) is 0. The second-order valence-corrected chi connectivity index (χ2v) is 4.98. The number of esters is 1. The van der Waals surface area contributed by atoms with E-state index in [0.717, 1.165) is 39.3 Å². The third-order valence-electron chi connectivity index (χ3n) is 3.04. The van der Waals surface area contributed by atoms with Crippen LogP contribution in [0, 0.1) is 5.41 Å². The van der Waals surface area contributed by atoms with Crippen LogP contribution in [0.15, 0.2) is 12.7 Å². The first-order chi connectivity index (χ1) is 8.06. The SMILES string of the molecule is C=CCOC(=O)C(C)(C)CCN1CCOCC1. The minimum Gasteiger partial charge on any atom is -0.461 e. The van der Waals surface area contributed by atoms with Crippen molar-refractivity contribution in [2.75, 3.05) is 39.5 Å². The largest absolute Gasteiger partial charge is 0.461 e. The van der Waals surface area contributed by atoms with Gasteiger partial charge in [-0.05, 0) is 26.8 Å². The fourth-order valence-electron chi connectivity index (χ4n) is 1.69. The first-order valence-electron chi connectivity index (χ1n) is 6.14. The Hall–Kier alpha value is -0.870. The van der Waals surface area contributed by atoms with Crippen molar-refractivity contribution in [3.63, 3.8) is 0 Å².